The molecule has 1 aliphatic heterocycles. The van der Waals surface area contributed by atoms with Crippen LogP contribution in [-0.4, -0.2) is 26.0 Å². The number of hydrogen-bond acceptors (Lipinski definition) is 6. The van der Waals surface area contributed by atoms with Gasteiger partial charge in [-0.15, -0.1) is 10.2 Å². The van der Waals surface area contributed by atoms with Crippen LogP contribution in [0.2, 0.25) is 0 Å². The van der Waals surface area contributed by atoms with E-state index >= 15 is 0 Å². The van der Waals surface area contributed by atoms with E-state index in [0.29, 0.717) is 11.0 Å². The van der Waals surface area contributed by atoms with Crippen LogP contribution in [0.4, 0.5) is 5.69 Å². The largest absolute Gasteiger partial charge is 0.486 e. The molecule has 0 aliphatic carbocycles. The Hall–Kier alpha value is -3.78. The molecule has 0 spiro atoms. The predicted molar refractivity (Wildman–Crippen MR) is 129 cm³/mol. The number of benzene rings is 3. The van der Waals surface area contributed by atoms with E-state index in [2.05, 4.69) is 20.9 Å². The van der Waals surface area contributed by atoms with E-state index in [1.807, 2.05) is 96.5 Å². The van der Waals surface area contributed by atoms with Crippen molar-refractivity contribution < 1.29 is 9.53 Å². The second-order valence-corrected chi connectivity index (χ2v) is 8.80. The number of thioether (sulfide) groups is 1. The zero-order valence-corrected chi connectivity index (χ0v) is 18.8. The van der Waals surface area contributed by atoms with Crippen molar-refractivity contribution in [2.24, 2.45) is 0 Å². The molecule has 2 N–H and O–H groups in total. The molecule has 1 aliphatic rings. The molecule has 3 aromatic carbocycles. The molecule has 0 saturated carbocycles. The first-order valence-corrected chi connectivity index (χ1v) is 11.5. The third kappa shape index (κ3) is 4.56. The van der Waals surface area contributed by atoms with Crippen molar-refractivity contribution in [3.8, 4) is 5.75 Å². The third-order valence-corrected chi connectivity index (χ3v) is 6.65. The van der Waals surface area contributed by atoms with Crippen molar-refractivity contribution in [3.63, 3.8) is 0 Å². The summed E-state index contributed by atoms with van der Waals surface area (Å²) in [4.78, 5) is 13.4. The number of anilines is 1. The molecular weight excluding hydrogens is 434 g/mol. The first kappa shape index (κ1) is 21.1. The molecule has 4 aromatic rings. The monoisotopic (exact) mass is 457 g/mol. The first-order valence-electron chi connectivity index (χ1n) is 10.7. The van der Waals surface area contributed by atoms with Gasteiger partial charge in [0.2, 0.25) is 11.1 Å². The highest BCUT2D eigenvalue weighted by molar-refractivity contribution is 8.00. The van der Waals surface area contributed by atoms with Crippen LogP contribution in [0.15, 0.2) is 90.1 Å². The van der Waals surface area contributed by atoms with Gasteiger partial charge in [-0.3, -0.25) is 4.79 Å². The maximum atomic E-state index is 13.4. The van der Waals surface area contributed by atoms with Gasteiger partial charge in [0, 0.05) is 5.69 Å². The van der Waals surface area contributed by atoms with Gasteiger partial charge in [0.15, 0.2) is 5.82 Å². The van der Waals surface area contributed by atoms with E-state index < -0.39 is 5.25 Å². The fraction of sp³-hybridized carbons (Fsp3) is 0.160. The van der Waals surface area contributed by atoms with Crippen molar-refractivity contribution in [1.82, 2.24) is 14.9 Å². The SMILES string of the molecule is Cc1ccccc1NC(=O)[C@@H]1Sc2nnc(COc3ccccc3)n2N[C@H]1c1ccccc1. The Morgan fingerprint density at radius 1 is 1.00 bits per heavy atom. The Morgan fingerprint density at radius 2 is 1.70 bits per heavy atom. The van der Waals surface area contributed by atoms with Crippen LogP contribution < -0.4 is 15.5 Å². The van der Waals surface area contributed by atoms with Gasteiger partial charge in [0.05, 0.1) is 6.04 Å². The number of amides is 1. The summed E-state index contributed by atoms with van der Waals surface area (Å²) in [6.45, 7) is 2.23. The van der Waals surface area contributed by atoms with Gasteiger partial charge in [-0.05, 0) is 36.2 Å². The lowest BCUT2D eigenvalue weighted by atomic mass is 10.0. The van der Waals surface area contributed by atoms with E-state index in [4.69, 9.17) is 4.74 Å². The molecule has 8 heteroatoms. The molecule has 7 nitrogen and oxygen atoms in total. The number of ether oxygens (including phenoxy) is 1. The molecule has 2 heterocycles. The lowest BCUT2D eigenvalue weighted by Gasteiger charge is -2.33. The minimum Gasteiger partial charge on any atom is -0.486 e. The molecule has 0 saturated heterocycles. The van der Waals surface area contributed by atoms with Gasteiger partial charge in [0.1, 0.15) is 17.6 Å². The lowest BCUT2D eigenvalue weighted by molar-refractivity contribution is -0.116. The first-order chi connectivity index (χ1) is 16.2. The van der Waals surface area contributed by atoms with Crippen molar-refractivity contribution in [2.45, 2.75) is 30.0 Å². The highest BCUT2D eigenvalue weighted by atomic mass is 32.2. The van der Waals surface area contributed by atoms with Crippen LogP contribution in [0.5, 0.6) is 5.75 Å². The van der Waals surface area contributed by atoms with Crippen LogP contribution in [-0.2, 0) is 11.4 Å². The molecule has 33 heavy (non-hydrogen) atoms. The summed E-state index contributed by atoms with van der Waals surface area (Å²) < 4.78 is 7.69. The fourth-order valence-electron chi connectivity index (χ4n) is 3.68. The van der Waals surface area contributed by atoms with Crippen LogP contribution in [0.25, 0.3) is 0 Å². The van der Waals surface area contributed by atoms with Crippen LogP contribution in [0, 0.1) is 6.92 Å². The number of hydrogen-bond donors (Lipinski definition) is 2. The minimum absolute atomic E-state index is 0.0908. The molecule has 166 valence electrons. The molecule has 0 bridgehead atoms. The van der Waals surface area contributed by atoms with Crippen LogP contribution in [0.1, 0.15) is 23.0 Å². The Labute approximate surface area is 196 Å². The molecule has 1 amide bonds. The van der Waals surface area contributed by atoms with Crippen LogP contribution in [0.3, 0.4) is 0 Å². The normalized spacial score (nSPS) is 17.0. The number of carbonyl (C=O) groups is 1. The van der Waals surface area contributed by atoms with Gasteiger partial charge < -0.3 is 15.5 Å². The summed E-state index contributed by atoms with van der Waals surface area (Å²) in [6.07, 6.45) is 0. The Balaban J connectivity index is 1.41. The Morgan fingerprint density at radius 3 is 2.45 bits per heavy atom. The van der Waals surface area contributed by atoms with Gasteiger partial charge in [0.25, 0.3) is 0 Å². The lowest BCUT2D eigenvalue weighted by Crippen LogP contribution is -2.41. The second kappa shape index (κ2) is 9.38. The molecule has 2 atom stereocenters. The average Bonchev–Trinajstić information content (AvgIpc) is 3.26. The summed E-state index contributed by atoms with van der Waals surface area (Å²) in [6, 6.07) is 27.0. The summed E-state index contributed by atoms with van der Waals surface area (Å²) in [7, 11) is 0. The second-order valence-electron chi connectivity index (χ2n) is 7.70. The number of aryl methyl sites for hydroxylation is 1. The molecule has 0 radical (unpaired) electrons. The van der Waals surface area contributed by atoms with Crippen molar-refractivity contribution in [1.29, 1.82) is 0 Å². The van der Waals surface area contributed by atoms with E-state index in [-0.39, 0.29) is 18.6 Å². The third-order valence-electron chi connectivity index (χ3n) is 5.43. The predicted octanol–water partition coefficient (Wildman–Crippen LogP) is 4.56. The minimum atomic E-state index is -0.438. The zero-order chi connectivity index (χ0) is 22.6. The zero-order valence-electron chi connectivity index (χ0n) is 18.0. The molecule has 0 unspecified atom stereocenters. The quantitative estimate of drug-likeness (QED) is 0.442. The van der Waals surface area contributed by atoms with Gasteiger partial charge in [-0.25, -0.2) is 4.68 Å². The number of rotatable bonds is 6. The maximum Gasteiger partial charge on any atom is 0.240 e. The van der Waals surface area contributed by atoms with E-state index in [0.717, 1.165) is 22.6 Å². The number of nitrogens with one attached hydrogen (secondary N) is 2. The highest BCUT2D eigenvalue weighted by Crippen LogP contribution is 2.37. The number of aromatic nitrogens is 3. The van der Waals surface area contributed by atoms with Gasteiger partial charge in [-0.2, -0.15) is 0 Å². The number of para-hydroxylation sites is 2. The molecule has 1 aromatic heterocycles. The average molecular weight is 458 g/mol. The van der Waals surface area contributed by atoms with Crippen LogP contribution >= 0.6 is 11.8 Å². The van der Waals surface area contributed by atoms with Gasteiger partial charge in [-0.1, -0.05) is 78.5 Å². The highest BCUT2D eigenvalue weighted by Gasteiger charge is 2.38. The van der Waals surface area contributed by atoms with E-state index in [9.17, 15) is 4.79 Å². The Bertz CT molecular complexity index is 1250. The summed E-state index contributed by atoms with van der Waals surface area (Å²) in [5, 5.41) is 11.9. The number of carbonyl (C=O) groups excluding carboxylic acids is 1. The van der Waals surface area contributed by atoms with Gasteiger partial charge >= 0.3 is 0 Å². The smallest absolute Gasteiger partial charge is 0.240 e. The maximum absolute atomic E-state index is 13.4. The molecule has 0 fully saturated rings. The number of fused-ring (bicyclic) bond motifs is 1. The van der Waals surface area contributed by atoms with E-state index in [1.165, 1.54) is 11.8 Å². The summed E-state index contributed by atoms with van der Waals surface area (Å²) in [5.74, 6) is 1.31. The van der Waals surface area contributed by atoms with E-state index in [1.54, 1.807) is 0 Å². The van der Waals surface area contributed by atoms with Crippen molar-refractivity contribution in [3.05, 3.63) is 102 Å². The standard InChI is InChI=1S/C25H23N5O2S/c1-17-10-8-9-15-20(17)26-24(31)23-22(18-11-4-2-5-12-18)29-30-21(27-28-25(30)33-23)16-32-19-13-6-3-7-14-19/h2-15,22-23,29H,16H2,1H3,(H,26,31)/t22-,23+/m0/s1. The Kier molecular flexibility index (Phi) is 5.99. The summed E-state index contributed by atoms with van der Waals surface area (Å²) >= 11 is 1.39. The van der Waals surface area contributed by atoms with Crippen molar-refractivity contribution >= 4 is 23.4 Å². The van der Waals surface area contributed by atoms with Crippen molar-refractivity contribution in [2.75, 3.05) is 10.7 Å². The molecular formula is C25H23N5O2S. The number of nitrogens with zero attached hydrogens (tertiary/aromatic N) is 3. The molecule has 5 rings (SSSR count). The summed E-state index contributed by atoms with van der Waals surface area (Å²) in [5.41, 5.74) is 6.28. The fourth-order valence-corrected chi connectivity index (χ4v) is 4.78. The topological polar surface area (TPSA) is 81.1 Å².